The number of sulfonamides is 1. The molecule has 162 valence electrons. The normalized spacial score (nSPS) is 11.6. The molecule has 2 amide bonds. The minimum absolute atomic E-state index is 0.00852. The van der Waals surface area contributed by atoms with E-state index in [0.717, 1.165) is 12.1 Å². The van der Waals surface area contributed by atoms with Crippen molar-refractivity contribution in [1.29, 1.82) is 0 Å². The zero-order valence-electron chi connectivity index (χ0n) is 17.1. The number of anilines is 2. The van der Waals surface area contributed by atoms with E-state index in [1.165, 1.54) is 30.3 Å². The third-order valence-corrected chi connectivity index (χ3v) is 5.15. The third kappa shape index (κ3) is 6.53. The lowest BCUT2D eigenvalue weighted by Gasteiger charge is -2.20. The van der Waals surface area contributed by atoms with E-state index in [4.69, 9.17) is 4.74 Å². The Kier molecular flexibility index (Phi) is 7.16. The van der Waals surface area contributed by atoms with E-state index in [9.17, 15) is 22.4 Å². The molecule has 0 bridgehead atoms. The molecular weight excluding hydrogens is 413 g/mol. The Morgan fingerprint density at radius 1 is 1.03 bits per heavy atom. The molecule has 2 aromatic carbocycles. The van der Waals surface area contributed by atoms with Crippen molar-refractivity contribution >= 4 is 33.4 Å². The Balaban J connectivity index is 2.27. The number of hydrogen-bond donors (Lipinski definition) is 3. The molecule has 0 saturated carbocycles. The summed E-state index contributed by atoms with van der Waals surface area (Å²) in [4.78, 5) is 24.6. The van der Waals surface area contributed by atoms with Crippen LogP contribution in [0.3, 0.4) is 0 Å². The van der Waals surface area contributed by atoms with Crippen LogP contribution in [-0.4, -0.2) is 32.6 Å². The first kappa shape index (κ1) is 23.3. The van der Waals surface area contributed by atoms with Crippen molar-refractivity contribution < 1.29 is 27.1 Å². The van der Waals surface area contributed by atoms with Crippen molar-refractivity contribution in [2.75, 3.05) is 17.2 Å². The van der Waals surface area contributed by atoms with E-state index >= 15 is 0 Å². The van der Waals surface area contributed by atoms with Gasteiger partial charge in [-0.2, -0.15) is 0 Å². The molecule has 0 atom stereocenters. The number of amides is 2. The van der Waals surface area contributed by atoms with Crippen LogP contribution in [0.1, 0.15) is 38.1 Å². The topological polar surface area (TPSA) is 114 Å². The SMILES string of the molecule is CCNS(=O)(=O)c1cccc(C(=O)Nc2cc(F)ccc2NC(=O)OC(C)(C)C)c1. The fraction of sp³-hybridized carbons (Fsp3) is 0.300. The first-order chi connectivity index (χ1) is 13.9. The van der Waals surface area contributed by atoms with Gasteiger partial charge in [-0.3, -0.25) is 10.1 Å². The summed E-state index contributed by atoms with van der Waals surface area (Å²) >= 11 is 0. The van der Waals surface area contributed by atoms with Gasteiger partial charge in [-0.05, 0) is 57.2 Å². The predicted molar refractivity (Wildman–Crippen MR) is 112 cm³/mol. The van der Waals surface area contributed by atoms with Crippen LogP contribution in [0.5, 0.6) is 0 Å². The van der Waals surface area contributed by atoms with E-state index in [2.05, 4.69) is 15.4 Å². The van der Waals surface area contributed by atoms with Crippen molar-refractivity contribution in [3.63, 3.8) is 0 Å². The summed E-state index contributed by atoms with van der Waals surface area (Å²) < 4.78 is 45.5. The number of halogens is 1. The lowest BCUT2D eigenvalue weighted by molar-refractivity contribution is 0.0635. The van der Waals surface area contributed by atoms with Gasteiger partial charge in [-0.25, -0.2) is 22.3 Å². The highest BCUT2D eigenvalue weighted by atomic mass is 32.2. The van der Waals surface area contributed by atoms with Gasteiger partial charge in [0.1, 0.15) is 11.4 Å². The van der Waals surface area contributed by atoms with Gasteiger partial charge in [0, 0.05) is 12.1 Å². The number of carbonyl (C=O) groups is 2. The number of nitrogens with one attached hydrogen (secondary N) is 3. The largest absolute Gasteiger partial charge is 0.444 e. The van der Waals surface area contributed by atoms with Gasteiger partial charge >= 0.3 is 6.09 Å². The number of rotatable bonds is 6. The fourth-order valence-electron chi connectivity index (χ4n) is 2.41. The van der Waals surface area contributed by atoms with E-state index in [1.54, 1.807) is 27.7 Å². The van der Waals surface area contributed by atoms with Gasteiger partial charge in [0.05, 0.1) is 16.3 Å². The Labute approximate surface area is 174 Å². The molecule has 0 aromatic heterocycles. The van der Waals surface area contributed by atoms with Gasteiger partial charge < -0.3 is 10.1 Å². The molecule has 2 aromatic rings. The second-order valence-corrected chi connectivity index (χ2v) is 9.07. The smallest absolute Gasteiger partial charge is 0.412 e. The predicted octanol–water partition coefficient (Wildman–Crippen LogP) is 3.72. The fourth-order valence-corrected chi connectivity index (χ4v) is 3.50. The van der Waals surface area contributed by atoms with Crippen molar-refractivity contribution in [2.24, 2.45) is 0 Å². The molecule has 3 N–H and O–H groups in total. The Bertz CT molecular complexity index is 1050. The number of ether oxygens (including phenoxy) is 1. The van der Waals surface area contributed by atoms with Crippen molar-refractivity contribution in [3.8, 4) is 0 Å². The summed E-state index contributed by atoms with van der Waals surface area (Å²) in [6.07, 6.45) is -0.775. The molecule has 0 heterocycles. The minimum atomic E-state index is -3.75. The minimum Gasteiger partial charge on any atom is -0.444 e. The van der Waals surface area contributed by atoms with E-state index in [-0.39, 0.29) is 28.4 Å². The van der Waals surface area contributed by atoms with Crippen LogP contribution in [-0.2, 0) is 14.8 Å². The zero-order chi connectivity index (χ0) is 22.5. The molecule has 0 saturated heterocycles. The molecule has 0 aliphatic carbocycles. The molecule has 0 radical (unpaired) electrons. The average Bonchev–Trinajstić information content (AvgIpc) is 2.62. The van der Waals surface area contributed by atoms with Crippen LogP contribution < -0.4 is 15.4 Å². The van der Waals surface area contributed by atoms with Crippen LogP contribution in [0, 0.1) is 5.82 Å². The highest BCUT2D eigenvalue weighted by molar-refractivity contribution is 7.89. The van der Waals surface area contributed by atoms with Crippen LogP contribution in [0.25, 0.3) is 0 Å². The van der Waals surface area contributed by atoms with Crippen molar-refractivity contribution in [1.82, 2.24) is 4.72 Å². The highest BCUT2D eigenvalue weighted by Gasteiger charge is 2.19. The summed E-state index contributed by atoms with van der Waals surface area (Å²) in [5.74, 6) is -1.31. The molecule has 8 nitrogen and oxygen atoms in total. The summed E-state index contributed by atoms with van der Waals surface area (Å²) in [7, 11) is -3.75. The molecule has 0 aliphatic rings. The second kappa shape index (κ2) is 9.23. The first-order valence-electron chi connectivity index (χ1n) is 9.12. The first-order valence-corrected chi connectivity index (χ1v) is 10.6. The number of benzene rings is 2. The van der Waals surface area contributed by atoms with Crippen LogP contribution >= 0.6 is 0 Å². The highest BCUT2D eigenvalue weighted by Crippen LogP contribution is 2.25. The third-order valence-electron chi connectivity index (χ3n) is 3.61. The van der Waals surface area contributed by atoms with Gasteiger partial charge in [0.25, 0.3) is 5.91 Å². The standard InChI is InChI=1S/C20H24FN3O5S/c1-5-22-30(27,28)15-8-6-7-13(11-15)18(25)23-17-12-14(21)9-10-16(17)24-19(26)29-20(2,3)4/h6-12,22H,5H2,1-4H3,(H,23,25)(H,24,26). The van der Waals surface area contributed by atoms with Crippen molar-refractivity contribution in [2.45, 2.75) is 38.2 Å². The molecule has 0 fully saturated rings. The number of carbonyl (C=O) groups excluding carboxylic acids is 2. The van der Waals surface area contributed by atoms with Gasteiger partial charge in [-0.15, -0.1) is 0 Å². The summed E-state index contributed by atoms with van der Waals surface area (Å²) in [5, 5.41) is 4.94. The van der Waals surface area contributed by atoms with Gasteiger partial charge in [0.15, 0.2) is 0 Å². The van der Waals surface area contributed by atoms with E-state index in [0.29, 0.717) is 0 Å². The summed E-state index contributed by atoms with van der Waals surface area (Å²) in [6.45, 7) is 6.90. The lowest BCUT2D eigenvalue weighted by atomic mass is 10.2. The van der Waals surface area contributed by atoms with Gasteiger partial charge in [-0.1, -0.05) is 13.0 Å². The van der Waals surface area contributed by atoms with E-state index in [1.807, 2.05) is 0 Å². The monoisotopic (exact) mass is 437 g/mol. The molecule has 0 aliphatic heterocycles. The van der Waals surface area contributed by atoms with Crippen LogP contribution in [0.2, 0.25) is 0 Å². The molecule has 0 spiro atoms. The molecule has 30 heavy (non-hydrogen) atoms. The van der Waals surface area contributed by atoms with Crippen molar-refractivity contribution in [3.05, 3.63) is 53.8 Å². The summed E-state index contributed by atoms with van der Waals surface area (Å²) in [5.41, 5.74) is -0.589. The average molecular weight is 437 g/mol. The maximum absolute atomic E-state index is 13.7. The zero-order valence-corrected chi connectivity index (χ0v) is 17.9. The van der Waals surface area contributed by atoms with E-state index < -0.39 is 33.4 Å². The van der Waals surface area contributed by atoms with Crippen LogP contribution in [0.15, 0.2) is 47.4 Å². The molecule has 0 unspecified atom stereocenters. The maximum atomic E-state index is 13.7. The Morgan fingerprint density at radius 3 is 2.37 bits per heavy atom. The number of hydrogen-bond acceptors (Lipinski definition) is 5. The summed E-state index contributed by atoms with van der Waals surface area (Å²) in [6, 6.07) is 8.82. The second-order valence-electron chi connectivity index (χ2n) is 7.30. The Morgan fingerprint density at radius 2 is 1.73 bits per heavy atom. The molecular formula is C20H24FN3O5S. The maximum Gasteiger partial charge on any atom is 0.412 e. The van der Waals surface area contributed by atoms with Gasteiger partial charge in [0.2, 0.25) is 10.0 Å². The lowest BCUT2D eigenvalue weighted by Crippen LogP contribution is -2.27. The van der Waals surface area contributed by atoms with Crippen LogP contribution in [0.4, 0.5) is 20.6 Å². The molecule has 10 heteroatoms. The quantitative estimate of drug-likeness (QED) is 0.637. The Hall–Kier alpha value is -2.98. The molecule has 2 rings (SSSR count).